The molecule has 1 atom stereocenters. The molecule has 1 aliphatic heterocycles. The molecule has 3 heteroatoms. The molecule has 0 N–H and O–H groups in total. The van der Waals surface area contributed by atoms with Crippen molar-refractivity contribution in [2.75, 3.05) is 7.05 Å². The van der Waals surface area contributed by atoms with Gasteiger partial charge >= 0.3 is 0 Å². The van der Waals surface area contributed by atoms with Crippen LogP contribution in [-0.2, 0) is 4.74 Å². The fourth-order valence-corrected chi connectivity index (χ4v) is 0.503. The topological polar surface area (TPSA) is 12.5 Å². The van der Waals surface area contributed by atoms with Gasteiger partial charge in [0.2, 0.25) is 5.95 Å². The normalized spacial score (nSPS) is 27.6. The van der Waals surface area contributed by atoms with Crippen molar-refractivity contribution in [2.45, 2.75) is 13.2 Å². The van der Waals surface area contributed by atoms with Gasteiger partial charge in [-0.25, -0.2) is 0 Å². The average molecular weight is 117 g/mol. The van der Waals surface area contributed by atoms with Gasteiger partial charge in [0.05, 0.1) is 0 Å². The summed E-state index contributed by atoms with van der Waals surface area (Å²) in [4.78, 5) is 1.42. The van der Waals surface area contributed by atoms with Crippen molar-refractivity contribution in [3.05, 3.63) is 12.2 Å². The first-order chi connectivity index (χ1) is 3.72. The van der Waals surface area contributed by atoms with Gasteiger partial charge < -0.3 is 9.64 Å². The number of ether oxygens (including phenoxy) is 1. The van der Waals surface area contributed by atoms with Crippen LogP contribution in [-0.4, -0.2) is 18.2 Å². The molecule has 0 aromatic carbocycles. The highest BCUT2D eigenvalue weighted by Crippen LogP contribution is 2.16. The summed E-state index contributed by atoms with van der Waals surface area (Å²) in [6.07, 6.45) is 0.972. The van der Waals surface area contributed by atoms with Crippen LogP contribution in [0.25, 0.3) is 0 Å². The first kappa shape index (κ1) is 5.41. The predicted molar refractivity (Wildman–Crippen MR) is 27.5 cm³/mol. The lowest BCUT2D eigenvalue weighted by atomic mass is 10.6. The molecule has 0 amide bonds. The Morgan fingerprint density at radius 2 is 2.50 bits per heavy atom. The minimum absolute atomic E-state index is 0.144. The van der Waals surface area contributed by atoms with Crippen LogP contribution in [0.1, 0.15) is 6.92 Å². The highest BCUT2D eigenvalue weighted by atomic mass is 19.1. The zero-order chi connectivity index (χ0) is 6.15. The van der Waals surface area contributed by atoms with Gasteiger partial charge in [0, 0.05) is 7.05 Å². The van der Waals surface area contributed by atoms with Crippen LogP contribution in [0.3, 0.4) is 0 Å². The summed E-state index contributed by atoms with van der Waals surface area (Å²) in [5.74, 6) is -0.308. The number of nitrogens with zero attached hydrogens (tertiary/aromatic N) is 1. The first-order valence-corrected chi connectivity index (χ1v) is 2.46. The van der Waals surface area contributed by atoms with E-state index >= 15 is 0 Å². The molecule has 2 nitrogen and oxygen atoms in total. The Labute approximate surface area is 47.5 Å². The molecule has 0 bridgehead atoms. The van der Waals surface area contributed by atoms with Gasteiger partial charge in [-0.1, -0.05) is 0 Å². The van der Waals surface area contributed by atoms with E-state index in [1.165, 1.54) is 4.90 Å². The Morgan fingerprint density at radius 1 is 1.88 bits per heavy atom. The van der Waals surface area contributed by atoms with Crippen molar-refractivity contribution in [1.82, 2.24) is 4.90 Å². The van der Waals surface area contributed by atoms with Crippen molar-refractivity contribution in [1.29, 1.82) is 0 Å². The van der Waals surface area contributed by atoms with E-state index in [1.807, 2.05) is 0 Å². The molecule has 1 aliphatic rings. The molecular formula is C5H8FNO. The molecule has 0 spiro atoms. The van der Waals surface area contributed by atoms with E-state index in [9.17, 15) is 4.39 Å². The first-order valence-electron chi connectivity index (χ1n) is 2.46. The van der Waals surface area contributed by atoms with Crippen molar-refractivity contribution < 1.29 is 9.13 Å². The third-order valence-corrected chi connectivity index (χ3v) is 1.24. The zero-order valence-corrected chi connectivity index (χ0v) is 4.89. The Kier molecular flexibility index (Phi) is 1.12. The lowest BCUT2D eigenvalue weighted by molar-refractivity contribution is 0.0792. The molecule has 0 aromatic heterocycles. The summed E-state index contributed by atoms with van der Waals surface area (Å²) < 4.78 is 17.0. The minimum Gasteiger partial charge on any atom is -0.474 e. The minimum atomic E-state index is -0.308. The van der Waals surface area contributed by atoms with Gasteiger partial charge in [-0.05, 0) is 6.92 Å². The summed E-state index contributed by atoms with van der Waals surface area (Å²) in [7, 11) is 1.64. The van der Waals surface area contributed by atoms with E-state index in [2.05, 4.69) is 0 Å². The fraction of sp³-hybridized carbons (Fsp3) is 0.600. The Morgan fingerprint density at radius 3 is 2.62 bits per heavy atom. The molecule has 8 heavy (non-hydrogen) atoms. The van der Waals surface area contributed by atoms with E-state index in [-0.39, 0.29) is 12.2 Å². The Hall–Kier alpha value is -0.730. The van der Waals surface area contributed by atoms with Gasteiger partial charge in [0.25, 0.3) is 0 Å². The molecule has 0 fully saturated rings. The maximum atomic E-state index is 12.2. The maximum Gasteiger partial charge on any atom is 0.227 e. The van der Waals surface area contributed by atoms with E-state index < -0.39 is 0 Å². The van der Waals surface area contributed by atoms with Gasteiger partial charge in [0.15, 0.2) is 6.23 Å². The van der Waals surface area contributed by atoms with Crippen LogP contribution in [0.2, 0.25) is 0 Å². The van der Waals surface area contributed by atoms with Crippen molar-refractivity contribution in [2.24, 2.45) is 0 Å². The van der Waals surface area contributed by atoms with E-state index in [0.717, 1.165) is 6.26 Å². The van der Waals surface area contributed by atoms with Gasteiger partial charge in [-0.15, -0.1) is 0 Å². The average Bonchev–Trinajstić information content (AvgIpc) is 1.98. The zero-order valence-electron chi connectivity index (χ0n) is 4.89. The smallest absolute Gasteiger partial charge is 0.227 e. The molecular weight excluding hydrogens is 109 g/mol. The van der Waals surface area contributed by atoms with Crippen LogP contribution < -0.4 is 0 Å². The van der Waals surface area contributed by atoms with Crippen LogP contribution >= 0.6 is 0 Å². The highest BCUT2D eigenvalue weighted by Gasteiger charge is 2.18. The van der Waals surface area contributed by atoms with Crippen LogP contribution in [0.4, 0.5) is 4.39 Å². The number of halogens is 1. The summed E-state index contributed by atoms with van der Waals surface area (Å²) >= 11 is 0. The summed E-state index contributed by atoms with van der Waals surface area (Å²) in [6.45, 7) is 1.78. The second-order valence-electron chi connectivity index (χ2n) is 1.79. The number of hydrogen-bond acceptors (Lipinski definition) is 2. The molecule has 0 radical (unpaired) electrons. The van der Waals surface area contributed by atoms with E-state index in [4.69, 9.17) is 4.74 Å². The molecule has 1 heterocycles. The van der Waals surface area contributed by atoms with Gasteiger partial charge in [0.1, 0.15) is 6.26 Å². The lowest BCUT2D eigenvalue weighted by Crippen LogP contribution is -2.21. The standard InChI is InChI=1S/C5H8FNO/c1-4-7(2)5(6)3-8-4/h3-4H,1-2H3. The molecule has 0 aliphatic carbocycles. The molecule has 0 saturated carbocycles. The van der Waals surface area contributed by atoms with Crippen molar-refractivity contribution in [3.63, 3.8) is 0 Å². The Balaban J connectivity index is 2.59. The van der Waals surface area contributed by atoms with Crippen LogP contribution in [0.15, 0.2) is 12.2 Å². The summed E-state index contributed by atoms with van der Waals surface area (Å²) in [5, 5.41) is 0. The summed E-state index contributed by atoms with van der Waals surface area (Å²) in [5.41, 5.74) is 0. The molecule has 0 aromatic rings. The largest absolute Gasteiger partial charge is 0.474 e. The monoisotopic (exact) mass is 117 g/mol. The van der Waals surface area contributed by atoms with E-state index in [1.54, 1.807) is 14.0 Å². The summed E-state index contributed by atoms with van der Waals surface area (Å²) in [6, 6.07) is 0. The number of hydrogen-bond donors (Lipinski definition) is 0. The van der Waals surface area contributed by atoms with Crippen molar-refractivity contribution in [3.8, 4) is 0 Å². The van der Waals surface area contributed by atoms with Crippen molar-refractivity contribution >= 4 is 0 Å². The third kappa shape index (κ3) is 0.638. The maximum absolute atomic E-state index is 12.2. The van der Waals surface area contributed by atoms with Gasteiger partial charge in [-0.3, -0.25) is 0 Å². The van der Waals surface area contributed by atoms with Gasteiger partial charge in [-0.2, -0.15) is 4.39 Å². The quantitative estimate of drug-likeness (QED) is 0.440. The van der Waals surface area contributed by atoms with Crippen LogP contribution in [0, 0.1) is 0 Å². The SMILES string of the molecule is CC1OC=C(F)N1C. The molecule has 1 unspecified atom stereocenters. The van der Waals surface area contributed by atoms with E-state index in [0.29, 0.717) is 0 Å². The Bertz CT molecular complexity index is 124. The highest BCUT2D eigenvalue weighted by molar-refractivity contribution is 4.90. The molecule has 1 rings (SSSR count). The fourth-order valence-electron chi connectivity index (χ4n) is 0.503. The predicted octanol–water partition coefficient (Wildman–Crippen LogP) is 1.06. The second-order valence-corrected chi connectivity index (χ2v) is 1.79. The second kappa shape index (κ2) is 1.65. The number of rotatable bonds is 0. The molecule has 46 valence electrons. The third-order valence-electron chi connectivity index (χ3n) is 1.24. The lowest BCUT2D eigenvalue weighted by Gasteiger charge is -2.14. The van der Waals surface area contributed by atoms with Crippen LogP contribution in [0.5, 0.6) is 0 Å². The molecule has 0 saturated heterocycles.